The number of carbonyl (C=O) groups is 1. The summed E-state index contributed by atoms with van der Waals surface area (Å²) in [5, 5.41) is 0. The molecule has 0 saturated carbocycles. The molecule has 1 saturated heterocycles. The molecule has 0 N–H and O–H groups in total. The molecule has 0 amide bonds. The van der Waals surface area contributed by atoms with Gasteiger partial charge < -0.3 is 9.47 Å². The molecule has 1 fully saturated rings. The normalized spacial score (nSPS) is 25.3. The number of ether oxygens (including phenoxy) is 2. The molecule has 0 radical (unpaired) electrons. The monoisotopic (exact) mass is 198 g/mol. The van der Waals surface area contributed by atoms with Crippen molar-refractivity contribution >= 4 is 5.97 Å². The van der Waals surface area contributed by atoms with E-state index < -0.39 is 0 Å². The topological polar surface area (TPSA) is 35.5 Å². The van der Waals surface area contributed by atoms with Gasteiger partial charge in [0.25, 0.3) is 0 Å². The second-order valence-electron chi connectivity index (χ2n) is 3.80. The van der Waals surface area contributed by atoms with Gasteiger partial charge in [-0.05, 0) is 19.8 Å². The van der Waals surface area contributed by atoms with Crippen LogP contribution in [-0.4, -0.2) is 24.8 Å². The van der Waals surface area contributed by atoms with Crippen molar-refractivity contribution in [3.63, 3.8) is 0 Å². The Hall–Kier alpha value is -0.830. The number of rotatable bonds is 5. The van der Waals surface area contributed by atoms with E-state index in [0.717, 1.165) is 25.9 Å². The summed E-state index contributed by atoms with van der Waals surface area (Å²) in [5.74, 6) is -0.310. The Morgan fingerprint density at radius 3 is 2.64 bits per heavy atom. The molecular formula is C11H18O3. The maximum Gasteiger partial charge on any atom is 0.333 e. The van der Waals surface area contributed by atoms with Gasteiger partial charge in [0.05, 0.1) is 18.8 Å². The highest BCUT2D eigenvalue weighted by atomic mass is 16.5. The van der Waals surface area contributed by atoms with E-state index in [1.54, 1.807) is 6.92 Å². The summed E-state index contributed by atoms with van der Waals surface area (Å²) in [6, 6.07) is 0. The average Bonchev–Trinajstić information content (AvgIpc) is 2.09. The SMILES string of the molecule is C=C(C)C(=O)OCCC1(CC)CCO1. The lowest BCUT2D eigenvalue weighted by Crippen LogP contribution is -2.44. The van der Waals surface area contributed by atoms with Gasteiger partial charge in [-0.15, -0.1) is 0 Å². The van der Waals surface area contributed by atoms with Gasteiger partial charge in [0.15, 0.2) is 0 Å². The van der Waals surface area contributed by atoms with Crippen LogP contribution in [0.3, 0.4) is 0 Å². The fourth-order valence-electron chi connectivity index (χ4n) is 1.50. The van der Waals surface area contributed by atoms with E-state index in [1.165, 1.54) is 0 Å². The number of hydrogen-bond acceptors (Lipinski definition) is 3. The first kappa shape index (κ1) is 11.2. The van der Waals surface area contributed by atoms with Gasteiger partial charge in [0, 0.05) is 12.0 Å². The molecule has 0 aromatic heterocycles. The molecule has 3 heteroatoms. The van der Waals surface area contributed by atoms with Gasteiger partial charge in [-0.1, -0.05) is 13.5 Å². The summed E-state index contributed by atoms with van der Waals surface area (Å²) in [7, 11) is 0. The first-order chi connectivity index (χ1) is 6.59. The smallest absolute Gasteiger partial charge is 0.333 e. The van der Waals surface area contributed by atoms with Crippen molar-refractivity contribution in [3.8, 4) is 0 Å². The van der Waals surface area contributed by atoms with Gasteiger partial charge in [-0.2, -0.15) is 0 Å². The van der Waals surface area contributed by atoms with Crippen molar-refractivity contribution in [2.45, 2.75) is 38.7 Å². The van der Waals surface area contributed by atoms with Crippen molar-refractivity contribution in [1.82, 2.24) is 0 Å². The number of hydrogen-bond donors (Lipinski definition) is 0. The summed E-state index contributed by atoms with van der Waals surface area (Å²) < 4.78 is 10.5. The second kappa shape index (κ2) is 4.60. The van der Waals surface area contributed by atoms with E-state index in [9.17, 15) is 4.79 Å². The Labute approximate surface area is 85.1 Å². The van der Waals surface area contributed by atoms with Crippen molar-refractivity contribution in [2.75, 3.05) is 13.2 Å². The van der Waals surface area contributed by atoms with Crippen LogP contribution in [0.15, 0.2) is 12.2 Å². The van der Waals surface area contributed by atoms with Crippen LogP contribution >= 0.6 is 0 Å². The van der Waals surface area contributed by atoms with E-state index >= 15 is 0 Å². The van der Waals surface area contributed by atoms with Gasteiger partial charge in [0.2, 0.25) is 0 Å². The fraction of sp³-hybridized carbons (Fsp3) is 0.727. The Morgan fingerprint density at radius 2 is 2.29 bits per heavy atom. The molecule has 1 rings (SSSR count). The molecule has 1 atom stereocenters. The second-order valence-corrected chi connectivity index (χ2v) is 3.80. The largest absolute Gasteiger partial charge is 0.462 e. The minimum absolute atomic E-state index is 0.0185. The minimum atomic E-state index is -0.310. The summed E-state index contributed by atoms with van der Waals surface area (Å²) >= 11 is 0. The lowest BCUT2D eigenvalue weighted by atomic mass is 9.89. The van der Waals surface area contributed by atoms with Crippen LogP contribution in [0.1, 0.15) is 33.1 Å². The van der Waals surface area contributed by atoms with Crippen molar-refractivity contribution in [1.29, 1.82) is 0 Å². The quantitative estimate of drug-likeness (QED) is 0.501. The minimum Gasteiger partial charge on any atom is -0.462 e. The van der Waals surface area contributed by atoms with Gasteiger partial charge >= 0.3 is 5.97 Å². The van der Waals surface area contributed by atoms with Crippen LogP contribution in [0, 0.1) is 0 Å². The first-order valence-electron chi connectivity index (χ1n) is 5.06. The Morgan fingerprint density at radius 1 is 1.64 bits per heavy atom. The third-order valence-corrected chi connectivity index (χ3v) is 2.75. The van der Waals surface area contributed by atoms with Crippen LogP contribution < -0.4 is 0 Å². The first-order valence-corrected chi connectivity index (χ1v) is 5.06. The van der Waals surface area contributed by atoms with Crippen LogP contribution in [0.2, 0.25) is 0 Å². The molecule has 0 bridgehead atoms. The third-order valence-electron chi connectivity index (χ3n) is 2.75. The van der Waals surface area contributed by atoms with Crippen molar-refractivity contribution in [2.24, 2.45) is 0 Å². The van der Waals surface area contributed by atoms with Gasteiger partial charge in [-0.3, -0.25) is 0 Å². The molecule has 0 aromatic carbocycles. The van der Waals surface area contributed by atoms with E-state index in [4.69, 9.17) is 9.47 Å². The van der Waals surface area contributed by atoms with Crippen molar-refractivity contribution in [3.05, 3.63) is 12.2 Å². The Balaban J connectivity index is 2.20. The zero-order valence-corrected chi connectivity index (χ0v) is 8.97. The maximum atomic E-state index is 11.1. The fourth-order valence-corrected chi connectivity index (χ4v) is 1.50. The van der Waals surface area contributed by atoms with Gasteiger partial charge in [0.1, 0.15) is 0 Å². The van der Waals surface area contributed by atoms with E-state index in [0.29, 0.717) is 12.2 Å². The standard InChI is InChI=1S/C11H18O3/c1-4-11(6-8-14-11)5-7-13-10(12)9(2)3/h2,4-8H2,1,3H3. The summed E-state index contributed by atoms with van der Waals surface area (Å²) in [6.45, 7) is 8.53. The molecule has 0 spiro atoms. The average molecular weight is 198 g/mol. The van der Waals surface area contributed by atoms with Gasteiger partial charge in [-0.25, -0.2) is 4.79 Å². The number of carbonyl (C=O) groups excluding carboxylic acids is 1. The number of esters is 1. The van der Waals surface area contributed by atoms with E-state index in [-0.39, 0.29) is 11.6 Å². The highest BCUT2D eigenvalue weighted by molar-refractivity contribution is 5.86. The van der Waals surface area contributed by atoms with Crippen LogP contribution in [-0.2, 0) is 14.3 Å². The van der Waals surface area contributed by atoms with Crippen molar-refractivity contribution < 1.29 is 14.3 Å². The highest BCUT2D eigenvalue weighted by Gasteiger charge is 2.36. The zero-order chi connectivity index (χ0) is 10.6. The molecule has 0 aliphatic carbocycles. The maximum absolute atomic E-state index is 11.1. The lowest BCUT2D eigenvalue weighted by molar-refractivity contribution is -0.165. The Kier molecular flexibility index (Phi) is 3.69. The van der Waals surface area contributed by atoms with Crippen LogP contribution in [0.25, 0.3) is 0 Å². The predicted octanol–water partition coefficient (Wildman–Crippen LogP) is 2.06. The molecule has 3 nitrogen and oxygen atoms in total. The lowest BCUT2D eigenvalue weighted by Gasteiger charge is -2.41. The molecule has 1 aliphatic rings. The summed E-state index contributed by atoms with van der Waals surface area (Å²) in [5.41, 5.74) is 0.431. The molecule has 1 unspecified atom stereocenters. The predicted molar refractivity (Wildman–Crippen MR) is 54.0 cm³/mol. The van der Waals surface area contributed by atoms with E-state index in [2.05, 4.69) is 13.5 Å². The summed E-state index contributed by atoms with van der Waals surface area (Å²) in [6.07, 6.45) is 2.86. The molecule has 14 heavy (non-hydrogen) atoms. The Bertz CT molecular complexity index is 223. The summed E-state index contributed by atoms with van der Waals surface area (Å²) in [4.78, 5) is 11.1. The van der Waals surface area contributed by atoms with E-state index in [1.807, 2.05) is 0 Å². The molecule has 1 heterocycles. The van der Waals surface area contributed by atoms with Crippen LogP contribution in [0.4, 0.5) is 0 Å². The molecular weight excluding hydrogens is 180 g/mol. The molecule has 0 aromatic rings. The van der Waals surface area contributed by atoms with Crippen LogP contribution in [0.5, 0.6) is 0 Å². The third kappa shape index (κ3) is 2.58. The molecule has 1 aliphatic heterocycles. The highest BCUT2D eigenvalue weighted by Crippen LogP contribution is 2.33. The molecule has 80 valence electrons. The zero-order valence-electron chi connectivity index (χ0n) is 8.97.